The van der Waals surface area contributed by atoms with Crippen LogP contribution in [0.1, 0.15) is 18.4 Å². The fourth-order valence-electron chi connectivity index (χ4n) is 2.57. The van der Waals surface area contributed by atoms with Gasteiger partial charge in [0.1, 0.15) is 0 Å². The van der Waals surface area contributed by atoms with Gasteiger partial charge in [0, 0.05) is 19.6 Å². The van der Waals surface area contributed by atoms with Gasteiger partial charge in [0.15, 0.2) is 0 Å². The number of hydrogen-bond acceptors (Lipinski definition) is 2. The number of nitrogens with one attached hydrogen (secondary N) is 1. The van der Waals surface area contributed by atoms with Gasteiger partial charge in [-0.1, -0.05) is 17.7 Å². The number of alkyl halides is 3. The van der Waals surface area contributed by atoms with E-state index in [4.69, 9.17) is 11.6 Å². The highest BCUT2D eigenvalue weighted by Crippen LogP contribution is 2.37. The van der Waals surface area contributed by atoms with Gasteiger partial charge in [0.2, 0.25) is 0 Å². The van der Waals surface area contributed by atoms with Gasteiger partial charge in [-0.15, -0.1) is 0 Å². The molecule has 1 fully saturated rings. The predicted octanol–water partition coefficient (Wildman–Crippen LogP) is 3.84. The fraction of sp³-hybridized carbons (Fsp3) is 0.571. The summed E-state index contributed by atoms with van der Waals surface area (Å²) >= 11 is 6.23. The molecule has 20 heavy (non-hydrogen) atoms. The predicted molar refractivity (Wildman–Crippen MR) is 75.2 cm³/mol. The Morgan fingerprint density at radius 2 is 1.95 bits per heavy atom. The van der Waals surface area contributed by atoms with Crippen LogP contribution in [-0.4, -0.2) is 26.3 Å². The van der Waals surface area contributed by atoms with E-state index in [-0.39, 0.29) is 12.8 Å². The Kier molecular flexibility index (Phi) is 4.81. The van der Waals surface area contributed by atoms with Crippen molar-refractivity contribution >= 4 is 17.3 Å². The van der Waals surface area contributed by atoms with Gasteiger partial charge in [-0.2, -0.15) is 13.2 Å². The van der Waals surface area contributed by atoms with Crippen molar-refractivity contribution in [1.82, 2.24) is 5.32 Å². The van der Waals surface area contributed by atoms with Crippen molar-refractivity contribution in [1.29, 1.82) is 0 Å². The molecule has 1 saturated heterocycles. The molecule has 1 heterocycles. The largest absolute Gasteiger partial charge is 0.391 e. The van der Waals surface area contributed by atoms with E-state index in [0.717, 1.165) is 17.8 Å². The Morgan fingerprint density at radius 3 is 2.45 bits per heavy atom. The van der Waals surface area contributed by atoms with E-state index in [1.54, 1.807) is 0 Å². The third-order valence-corrected chi connectivity index (χ3v) is 3.99. The summed E-state index contributed by atoms with van der Waals surface area (Å²) in [6.45, 7) is 1.51. The summed E-state index contributed by atoms with van der Waals surface area (Å²) in [6, 6.07) is 5.71. The number of nitrogens with zero attached hydrogens (tertiary/aromatic N) is 1. The third kappa shape index (κ3) is 3.58. The first-order chi connectivity index (χ1) is 9.41. The second kappa shape index (κ2) is 6.22. The summed E-state index contributed by atoms with van der Waals surface area (Å²) in [6.07, 6.45) is -3.80. The SMILES string of the molecule is CNCc1ccc(N2CCC(C(F)(F)F)CC2)c(Cl)c1. The van der Waals surface area contributed by atoms with E-state index in [2.05, 4.69) is 5.32 Å². The van der Waals surface area contributed by atoms with Crippen LogP contribution in [0.5, 0.6) is 0 Å². The number of benzene rings is 1. The van der Waals surface area contributed by atoms with Crippen molar-refractivity contribution in [3.8, 4) is 0 Å². The topological polar surface area (TPSA) is 15.3 Å². The molecule has 0 atom stereocenters. The monoisotopic (exact) mass is 306 g/mol. The van der Waals surface area contributed by atoms with Crippen LogP contribution in [0.4, 0.5) is 18.9 Å². The highest BCUT2D eigenvalue weighted by molar-refractivity contribution is 6.33. The minimum atomic E-state index is -4.08. The van der Waals surface area contributed by atoms with E-state index in [9.17, 15) is 13.2 Å². The van der Waals surface area contributed by atoms with Gasteiger partial charge < -0.3 is 10.2 Å². The highest BCUT2D eigenvalue weighted by atomic mass is 35.5. The van der Waals surface area contributed by atoms with Crippen LogP contribution < -0.4 is 10.2 Å². The van der Waals surface area contributed by atoms with Gasteiger partial charge in [0.25, 0.3) is 0 Å². The second-order valence-corrected chi connectivity index (χ2v) is 5.53. The Hall–Kier alpha value is -0.940. The molecule has 6 heteroatoms. The summed E-state index contributed by atoms with van der Waals surface area (Å²) < 4.78 is 37.9. The molecular weight excluding hydrogens is 289 g/mol. The van der Waals surface area contributed by atoms with Crippen molar-refractivity contribution in [3.63, 3.8) is 0 Å². The van der Waals surface area contributed by atoms with Crippen LogP contribution >= 0.6 is 11.6 Å². The minimum Gasteiger partial charge on any atom is -0.370 e. The molecule has 0 unspecified atom stereocenters. The molecule has 0 aromatic heterocycles. The van der Waals surface area contributed by atoms with Crippen molar-refractivity contribution < 1.29 is 13.2 Å². The first kappa shape index (κ1) is 15.4. The number of rotatable bonds is 3. The smallest absolute Gasteiger partial charge is 0.370 e. The lowest BCUT2D eigenvalue weighted by Crippen LogP contribution is -2.39. The molecule has 0 amide bonds. The molecular formula is C14H18ClF3N2. The van der Waals surface area contributed by atoms with E-state index < -0.39 is 12.1 Å². The van der Waals surface area contributed by atoms with Crippen LogP contribution in [0.2, 0.25) is 5.02 Å². The average molecular weight is 307 g/mol. The van der Waals surface area contributed by atoms with Crippen LogP contribution in [0.25, 0.3) is 0 Å². The van der Waals surface area contributed by atoms with Crippen molar-refractivity contribution in [2.75, 3.05) is 25.0 Å². The lowest BCUT2D eigenvalue weighted by atomic mass is 9.96. The molecule has 2 nitrogen and oxygen atoms in total. The van der Waals surface area contributed by atoms with E-state index in [1.165, 1.54) is 0 Å². The Labute approximate surface area is 121 Å². The summed E-state index contributed by atoms with van der Waals surface area (Å²) in [5.74, 6) is -1.18. The number of hydrogen-bond donors (Lipinski definition) is 1. The molecule has 1 aromatic carbocycles. The zero-order chi connectivity index (χ0) is 14.8. The van der Waals surface area contributed by atoms with Crippen molar-refractivity contribution in [3.05, 3.63) is 28.8 Å². The normalized spacial score (nSPS) is 17.6. The maximum Gasteiger partial charge on any atom is 0.391 e. The second-order valence-electron chi connectivity index (χ2n) is 5.12. The Balaban J connectivity index is 2.03. The molecule has 112 valence electrons. The fourth-order valence-corrected chi connectivity index (χ4v) is 2.89. The molecule has 2 rings (SSSR count). The highest BCUT2D eigenvalue weighted by Gasteiger charge is 2.41. The molecule has 1 aliphatic heterocycles. The van der Waals surface area contributed by atoms with E-state index in [1.807, 2.05) is 30.1 Å². The zero-order valence-corrected chi connectivity index (χ0v) is 12.1. The number of halogens is 4. The van der Waals surface area contributed by atoms with Gasteiger partial charge in [-0.05, 0) is 37.6 Å². The maximum atomic E-state index is 12.6. The molecule has 0 spiro atoms. The molecule has 0 saturated carbocycles. The Bertz CT molecular complexity index is 454. The van der Waals surface area contributed by atoms with Crippen molar-refractivity contribution in [2.45, 2.75) is 25.6 Å². The molecule has 0 aliphatic carbocycles. The summed E-state index contributed by atoms with van der Waals surface area (Å²) in [5, 5.41) is 3.64. The minimum absolute atomic E-state index is 0.137. The van der Waals surface area contributed by atoms with E-state index in [0.29, 0.717) is 18.1 Å². The van der Waals surface area contributed by atoms with Gasteiger partial charge in [-0.25, -0.2) is 0 Å². The summed E-state index contributed by atoms with van der Waals surface area (Å²) in [5.41, 5.74) is 1.89. The summed E-state index contributed by atoms with van der Waals surface area (Å²) in [4.78, 5) is 1.94. The number of anilines is 1. The quantitative estimate of drug-likeness (QED) is 0.913. The van der Waals surface area contributed by atoms with Gasteiger partial charge in [-0.3, -0.25) is 0 Å². The van der Waals surface area contributed by atoms with Gasteiger partial charge >= 0.3 is 6.18 Å². The molecule has 0 radical (unpaired) electrons. The van der Waals surface area contributed by atoms with Gasteiger partial charge in [0.05, 0.1) is 16.6 Å². The first-order valence-corrected chi connectivity index (χ1v) is 7.04. The summed E-state index contributed by atoms with van der Waals surface area (Å²) in [7, 11) is 1.85. The molecule has 1 N–H and O–H groups in total. The molecule has 1 aliphatic rings. The molecule has 1 aromatic rings. The van der Waals surface area contributed by atoms with Crippen molar-refractivity contribution in [2.24, 2.45) is 5.92 Å². The third-order valence-electron chi connectivity index (χ3n) is 3.69. The Morgan fingerprint density at radius 1 is 1.30 bits per heavy atom. The van der Waals surface area contributed by atoms with Crippen LogP contribution in [0.3, 0.4) is 0 Å². The molecule has 0 bridgehead atoms. The van der Waals surface area contributed by atoms with Crippen LogP contribution in [0, 0.1) is 5.92 Å². The lowest BCUT2D eigenvalue weighted by Gasteiger charge is -2.34. The van der Waals surface area contributed by atoms with Crippen LogP contribution in [0.15, 0.2) is 18.2 Å². The standard InChI is InChI=1S/C14H18ClF3N2/c1-19-9-10-2-3-13(12(15)8-10)20-6-4-11(5-7-20)14(16,17)18/h2-3,8,11,19H,4-7,9H2,1H3. The van der Waals surface area contributed by atoms with Crippen LogP contribution in [-0.2, 0) is 6.54 Å². The maximum absolute atomic E-state index is 12.6. The number of piperidine rings is 1. The van der Waals surface area contributed by atoms with E-state index >= 15 is 0 Å². The lowest BCUT2D eigenvalue weighted by molar-refractivity contribution is -0.179. The average Bonchev–Trinajstić information content (AvgIpc) is 2.38. The first-order valence-electron chi connectivity index (χ1n) is 6.66. The zero-order valence-electron chi connectivity index (χ0n) is 11.3.